The molecule has 3 aromatic rings. The zero-order chi connectivity index (χ0) is 19.2. The van der Waals surface area contributed by atoms with E-state index in [1.165, 1.54) is 6.08 Å². The predicted molar refractivity (Wildman–Crippen MR) is 108 cm³/mol. The lowest BCUT2D eigenvalue weighted by molar-refractivity contribution is 0.0735. The largest absolute Gasteiger partial charge is 0.423 e. The fraction of sp³-hybridized carbons (Fsp3) is 0. The number of allylic oxidation sites excluding steroid dienone is 1. The molecule has 0 amide bonds. The zero-order valence-corrected chi connectivity index (χ0v) is 15.6. The fourth-order valence-electron chi connectivity index (χ4n) is 2.32. The second-order valence-corrected chi connectivity index (χ2v) is 6.49. The van der Waals surface area contributed by atoms with E-state index in [4.69, 9.17) is 27.9 Å². The summed E-state index contributed by atoms with van der Waals surface area (Å²) in [5, 5.41) is 0.960. The van der Waals surface area contributed by atoms with Crippen molar-refractivity contribution in [3.8, 4) is 5.75 Å². The summed E-state index contributed by atoms with van der Waals surface area (Å²) < 4.78 is 5.29. The average Bonchev–Trinajstić information content (AvgIpc) is 2.68. The van der Waals surface area contributed by atoms with Gasteiger partial charge >= 0.3 is 5.97 Å². The van der Waals surface area contributed by atoms with Crippen LogP contribution in [0.5, 0.6) is 5.75 Å². The molecule has 0 bridgehead atoms. The van der Waals surface area contributed by atoms with Gasteiger partial charge in [0.2, 0.25) is 0 Å². The van der Waals surface area contributed by atoms with Crippen molar-refractivity contribution in [2.45, 2.75) is 0 Å². The number of hydrogen-bond acceptors (Lipinski definition) is 3. The van der Waals surface area contributed by atoms with Crippen LogP contribution in [0.25, 0.3) is 6.08 Å². The fourth-order valence-corrected chi connectivity index (χ4v) is 2.66. The number of rotatable bonds is 5. The van der Waals surface area contributed by atoms with Crippen molar-refractivity contribution in [3.63, 3.8) is 0 Å². The van der Waals surface area contributed by atoms with Gasteiger partial charge in [0.05, 0.1) is 10.6 Å². The van der Waals surface area contributed by atoms with Crippen LogP contribution < -0.4 is 4.74 Å². The first kappa shape index (κ1) is 18.9. The molecular weight excluding hydrogens is 383 g/mol. The Balaban J connectivity index is 1.66. The van der Waals surface area contributed by atoms with Gasteiger partial charge in [0.1, 0.15) is 5.75 Å². The molecule has 0 saturated heterocycles. The monoisotopic (exact) mass is 396 g/mol. The van der Waals surface area contributed by atoms with Crippen molar-refractivity contribution < 1.29 is 14.3 Å². The lowest BCUT2D eigenvalue weighted by Gasteiger charge is -2.06. The quantitative estimate of drug-likeness (QED) is 0.226. The Morgan fingerprint density at radius 1 is 0.815 bits per heavy atom. The summed E-state index contributed by atoms with van der Waals surface area (Å²) in [6, 6.07) is 20.1. The Morgan fingerprint density at radius 2 is 1.48 bits per heavy atom. The first-order valence-corrected chi connectivity index (χ1v) is 8.83. The van der Waals surface area contributed by atoms with E-state index in [1.807, 2.05) is 12.1 Å². The second kappa shape index (κ2) is 8.67. The average molecular weight is 397 g/mol. The van der Waals surface area contributed by atoms with Crippen LogP contribution in [0.1, 0.15) is 26.3 Å². The van der Waals surface area contributed by atoms with Crippen molar-refractivity contribution in [2.75, 3.05) is 0 Å². The van der Waals surface area contributed by atoms with E-state index >= 15 is 0 Å². The van der Waals surface area contributed by atoms with Crippen LogP contribution in [0.4, 0.5) is 0 Å². The third-order valence-electron chi connectivity index (χ3n) is 3.74. The second-order valence-electron chi connectivity index (χ2n) is 5.64. The minimum absolute atomic E-state index is 0.158. The molecule has 5 heteroatoms. The van der Waals surface area contributed by atoms with Crippen LogP contribution in [0, 0.1) is 0 Å². The molecule has 0 aromatic heterocycles. The Labute approximate surface area is 166 Å². The number of ether oxygens (including phenoxy) is 1. The SMILES string of the molecule is O=C(/C=C/c1ccc(Cl)cc1)c1ccc(OC(=O)c2ccccc2Cl)cc1. The van der Waals surface area contributed by atoms with Crippen molar-refractivity contribution in [1.29, 1.82) is 0 Å². The summed E-state index contributed by atoms with van der Waals surface area (Å²) >= 11 is 11.8. The molecule has 134 valence electrons. The minimum Gasteiger partial charge on any atom is -0.423 e. The molecule has 0 aliphatic heterocycles. The van der Waals surface area contributed by atoms with E-state index in [-0.39, 0.29) is 11.3 Å². The van der Waals surface area contributed by atoms with Crippen LogP contribution in [-0.4, -0.2) is 11.8 Å². The van der Waals surface area contributed by atoms with E-state index < -0.39 is 5.97 Å². The molecule has 0 aliphatic carbocycles. The van der Waals surface area contributed by atoms with Gasteiger partial charge in [-0.3, -0.25) is 4.79 Å². The maximum Gasteiger partial charge on any atom is 0.345 e. The van der Waals surface area contributed by atoms with E-state index in [9.17, 15) is 9.59 Å². The molecule has 0 heterocycles. The molecule has 0 aliphatic rings. The highest BCUT2D eigenvalue weighted by Crippen LogP contribution is 2.19. The van der Waals surface area contributed by atoms with Crippen LogP contribution in [0.2, 0.25) is 10.0 Å². The first-order chi connectivity index (χ1) is 13.0. The minimum atomic E-state index is -0.553. The van der Waals surface area contributed by atoms with Crippen LogP contribution in [0.15, 0.2) is 78.9 Å². The molecular formula is C22H14Cl2O3. The van der Waals surface area contributed by atoms with E-state index in [2.05, 4.69) is 0 Å². The summed E-state index contributed by atoms with van der Waals surface area (Å²) in [6.07, 6.45) is 3.19. The van der Waals surface area contributed by atoms with Crippen LogP contribution in [-0.2, 0) is 0 Å². The molecule has 3 rings (SSSR count). The smallest absolute Gasteiger partial charge is 0.345 e. The summed E-state index contributed by atoms with van der Waals surface area (Å²) in [7, 11) is 0. The first-order valence-electron chi connectivity index (χ1n) is 8.08. The maximum atomic E-state index is 12.2. The number of halogens is 2. The van der Waals surface area contributed by atoms with Gasteiger partial charge in [0.25, 0.3) is 0 Å². The topological polar surface area (TPSA) is 43.4 Å². The van der Waals surface area contributed by atoms with E-state index in [1.54, 1.807) is 66.7 Å². The number of hydrogen-bond donors (Lipinski definition) is 0. The number of esters is 1. The summed E-state index contributed by atoms with van der Waals surface area (Å²) in [6.45, 7) is 0. The highest BCUT2D eigenvalue weighted by atomic mass is 35.5. The third-order valence-corrected chi connectivity index (χ3v) is 4.32. The van der Waals surface area contributed by atoms with Gasteiger partial charge in [-0.15, -0.1) is 0 Å². The molecule has 0 fully saturated rings. The zero-order valence-electron chi connectivity index (χ0n) is 14.1. The number of benzene rings is 3. The summed E-state index contributed by atoms with van der Waals surface area (Å²) in [4.78, 5) is 24.4. The van der Waals surface area contributed by atoms with Gasteiger partial charge in [-0.05, 0) is 60.2 Å². The molecule has 27 heavy (non-hydrogen) atoms. The summed E-state index contributed by atoms with van der Waals surface area (Å²) in [5.41, 5.74) is 1.64. The number of ketones is 1. The Kier molecular flexibility index (Phi) is 6.07. The molecule has 0 spiro atoms. The Morgan fingerprint density at radius 3 is 2.15 bits per heavy atom. The van der Waals surface area contributed by atoms with Crippen molar-refractivity contribution >= 4 is 41.0 Å². The number of carbonyl (C=O) groups is 2. The lowest BCUT2D eigenvalue weighted by atomic mass is 10.1. The third kappa shape index (κ3) is 5.07. The maximum absolute atomic E-state index is 12.2. The molecule has 0 atom stereocenters. The Bertz CT molecular complexity index is 991. The predicted octanol–water partition coefficient (Wildman–Crippen LogP) is 6.11. The highest BCUT2D eigenvalue weighted by Gasteiger charge is 2.12. The van der Waals surface area contributed by atoms with E-state index in [0.29, 0.717) is 21.4 Å². The molecule has 3 aromatic carbocycles. The molecule has 0 N–H and O–H groups in total. The van der Waals surface area contributed by atoms with Crippen LogP contribution >= 0.6 is 23.2 Å². The Hall–Kier alpha value is -2.88. The summed E-state index contributed by atoms with van der Waals surface area (Å²) in [5.74, 6) is -0.380. The van der Waals surface area contributed by atoms with Gasteiger partial charge in [0, 0.05) is 10.6 Å². The molecule has 3 nitrogen and oxygen atoms in total. The molecule has 0 radical (unpaired) electrons. The highest BCUT2D eigenvalue weighted by molar-refractivity contribution is 6.33. The van der Waals surface area contributed by atoms with Gasteiger partial charge < -0.3 is 4.74 Å². The normalized spacial score (nSPS) is 10.7. The molecule has 0 saturated carbocycles. The van der Waals surface area contributed by atoms with E-state index in [0.717, 1.165) is 5.56 Å². The molecule has 0 unspecified atom stereocenters. The van der Waals surface area contributed by atoms with Gasteiger partial charge in [-0.2, -0.15) is 0 Å². The van der Waals surface area contributed by atoms with Crippen molar-refractivity contribution in [3.05, 3.63) is 106 Å². The van der Waals surface area contributed by atoms with Crippen molar-refractivity contribution in [1.82, 2.24) is 0 Å². The standard InChI is InChI=1S/C22H14Cl2O3/c23-17-10-5-15(6-11-17)7-14-21(25)16-8-12-18(13-9-16)27-22(26)19-3-1-2-4-20(19)24/h1-14H/b14-7+. The van der Waals surface area contributed by atoms with Crippen molar-refractivity contribution in [2.24, 2.45) is 0 Å². The number of carbonyl (C=O) groups excluding carboxylic acids is 2. The van der Waals surface area contributed by atoms with Gasteiger partial charge in [-0.25, -0.2) is 4.79 Å². The van der Waals surface area contributed by atoms with Crippen LogP contribution in [0.3, 0.4) is 0 Å². The van der Waals surface area contributed by atoms with Gasteiger partial charge in [0.15, 0.2) is 5.78 Å². The lowest BCUT2D eigenvalue weighted by Crippen LogP contribution is -2.09. The van der Waals surface area contributed by atoms with Gasteiger partial charge in [-0.1, -0.05) is 53.5 Å².